The van der Waals surface area contributed by atoms with Gasteiger partial charge in [-0.05, 0) is 35.7 Å². The lowest BCUT2D eigenvalue weighted by Gasteiger charge is -2.20. The molecule has 2 rings (SSSR count). The fourth-order valence-corrected chi connectivity index (χ4v) is 2.13. The van der Waals surface area contributed by atoms with Crippen LogP contribution < -0.4 is 11.1 Å². The van der Waals surface area contributed by atoms with E-state index in [1.807, 2.05) is 36.4 Å². The summed E-state index contributed by atoms with van der Waals surface area (Å²) in [7, 11) is 0. The van der Waals surface area contributed by atoms with E-state index in [4.69, 9.17) is 5.73 Å². The highest BCUT2D eigenvalue weighted by Crippen LogP contribution is 2.21. The number of hydrogen-bond donors (Lipinski definition) is 2. The van der Waals surface area contributed by atoms with Crippen molar-refractivity contribution in [1.29, 1.82) is 0 Å². The predicted octanol–water partition coefficient (Wildman–Crippen LogP) is 2.75. The molecule has 1 amide bonds. The summed E-state index contributed by atoms with van der Waals surface area (Å²) in [6.07, 6.45) is 0.956. The minimum atomic E-state index is -0.431. The number of amides is 1. The minimum absolute atomic E-state index is 0.254. The Kier molecular flexibility index (Phi) is 4.17. The van der Waals surface area contributed by atoms with E-state index in [0.717, 1.165) is 22.8 Å². The molecule has 19 heavy (non-hydrogen) atoms. The molecule has 0 saturated carbocycles. The Morgan fingerprint density at radius 1 is 1.21 bits per heavy atom. The van der Waals surface area contributed by atoms with Gasteiger partial charge in [-0.1, -0.05) is 43.3 Å². The summed E-state index contributed by atoms with van der Waals surface area (Å²) in [6.45, 7) is 4.13. The zero-order valence-electron chi connectivity index (χ0n) is 11.4. The van der Waals surface area contributed by atoms with Gasteiger partial charge in [0.25, 0.3) is 0 Å². The lowest BCUT2D eigenvalue weighted by molar-refractivity contribution is -0.120. The molecule has 2 atom stereocenters. The molecule has 0 aromatic heterocycles. The first-order chi connectivity index (χ1) is 9.11. The first-order valence-electron chi connectivity index (χ1n) is 6.66. The standard InChI is InChI=1S/C16H20N2O/c1-3-11(2)18-15(16(17)19)14-9-8-12-6-4-5-7-13(12)10-14/h4-11,15,18H,3H2,1-2H3,(H2,17,19). The van der Waals surface area contributed by atoms with E-state index in [9.17, 15) is 4.79 Å². The van der Waals surface area contributed by atoms with Crippen LogP contribution in [0.5, 0.6) is 0 Å². The van der Waals surface area contributed by atoms with E-state index in [1.165, 1.54) is 0 Å². The van der Waals surface area contributed by atoms with Gasteiger partial charge in [-0.3, -0.25) is 10.1 Å². The average Bonchev–Trinajstić information content (AvgIpc) is 2.43. The van der Waals surface area contributed by atoms with Crippen LogP contribution in [0.4, 0.5) is 0 Å². The second-order valence-electron chi connectivity index (χ2n) is 4.92. The van der Waals surface area contributed by atoms with E-state index in [2.05, 4.69) is 25.2 Å². The fraction of sp³-hybridized carbons (Fsp3) is 0.312. The maximum atomic E-state index is 11.6. The average molecular weight is 256 g/mol. The number of benzene rings is 2. The minimum Gasteiger partial charge on any atom is -0.368 e. The molecule has 0 aliphatic carbocycles. The number of nitrogens with one attached hydrogen (secondary N) is 1. The molecule has 0 radical (unpaired) electrons. The highest BCUT2D eigenvalue weighted by Gasteiger charge is 2.19. The molecule has 3 heteroatoms. The van der Waals surface area contributed by atoms with E-state index in [0.29, 0.717) is 0 Å². The van der Waals surface area contributed by atoms with Crippen LogP contribution in [0.2, 0.25) is 0 Å². The Bertz CT molecular complexity index is 580. The number of nitrogens with two attached hydrogens (primary N) is 1. The molecular formula is C16H20N2O. The van der Waals surface area contributed by atoms with Crippen LogP contribution in [-0.2, 0) is 4.79 Å². The summed E-state index contributed by atoms with van der Waals surface area (Å²) < 4.78 is 0. The molecule has 2 unspecified atom stereocenters. The topological polar surface area (TPSA) is 55.1 Å². The van der Waals surface area contributed by atoms with Gasteiger partial charge in [0.15, 0.2) is 0 Å². The van der Waals surface area contributed by atoms with Crippen molar-refractivity contribution < 1.29 is 4.79 Å². The molecule has 0 aliphatic heterocycles. The maximum Gasteiger partial charge on any atom is 0.239 e. The number of primary amides is 1. The van der Waals surface area contributed by atoms with Gasteiger partial charge in [0.2, 0.25) is 5.91 Å². The van der Waals surface area contributed by atoms with E-state index in [-0.39, 0.29) is 11.9 Å². The van der Waals surface area contributed by atoms with Crippen molar-refractivity contribution in [1.82, 2.24) is 5.32 Å². The van der Waals surface area contributed by atoms with Crippen LogP contribution in [0.25, 0.3) is 10.8 Å². The van der Waals surface area contributed by atoms with Crippen LogP contribution in [0.1, 0.15) is 31.9 Å². The molecule has 0 saturated heterocycles. The van der Waals surface area contributed by atoms with Crippen molar-refractivity contribution in [3.05, 3.63) is 48.0 Å². The van der Waals surface area contributed by atoms with Gasteiger partial charge in [0.1, 0.15) is 6.04 Å². The molecule has 0 bridgehead atoms. The molecule has 0 fully saturated rings. The van der Waals surface area contributed by atoms with Crippen molar-refractivity contribution in [2.45, 2.75) is 32.4 Å². The zero-order chi connectivity index (χ0) is 13.8. The number of hydrogen-bond acceptors (Lipinski definition) is 2. The summed E-state index contributed by atoms with van der Waals surface area (Å²) in [5, 5.41) is 5.56. The third-order valence-electron chi connectivity index (χ3n) is 3.45. The van der Waals surface area contributed by atoms with Crippen molar-refractivity contribution in [2.75, 3.05) is 0 Å². The lowest BCUT2D eigenvalue weighted by Crippen LogP contribution is -2.38. The molecule has 100 valence electrons. The molecule has 2 aromatic rings. The third-order valence-corrected chi connectivity index (χ3v) is 3.45. The van der Waals surface area contributed by atoms with E-state index in [1.54, 1.807) is 0 Å². The number of carbonyl (C=O) groups is 1. The van der Waals surface area contributed by atoms with Crippen molar-refractivity contribution in [2.24, 2.45) is 5.73 Å². The second-order valence-corrected chi connectivity index (χ2v) is 4.92. The Labute approximate surface area is 113 Å². The van der Waals surface area contributed by atoms with Gasteiger partial charge in [-0.25, -0.2) is 0 Å². The largest absolute Gasteiger partial charge is 0.368 e. The van der Waals surface area contributed by atoms with E-state index >= 15 is 0 Å². The molecular weight excluding hydrogens is 236 g/mol. The van der Waals surface area contributed by atoms with E-state index < -0.39 is 6.04 Å². The van der Waals surface area contributed by atoms with Gasteiger partial charge in [-0.15, -0.1) is 0 Å². The monoisotopic (exact) mass is 256 g/mol. The van der Waals surface area contributed by atoms with Gasteiger partial charge in [0, 0.05) is 6.04 Å². The number of fused-ring (bicyclic) bond motifs is 1. The molecule has 3 nitrogen and oxygen atoms in total. The SMILES string of the molecule is CCC(C)NC(C(N)=O)c1ccc2ccccc2c1. The van der Waals surface area contributed by atoms with Gasteiger partial charge >= 0.3 is 0 Å². The third kappa shape index (κ3) is 3.12. The molecule has 2 aromatic carbocycles. The lowest BCUT2D eigenvalue weighted by atomic mass is 10.0. The van der Waals surface area contributed by atoms with Crippen LogP contribution in [0, 0.1) is 0 Å². The summed E-state index contributed by atoms with van der Waals surface area (Å²) >= 11 is 0. The Morgan fingerprint density at radius 2 is 1.89 bits per heavy atom. The fourth-order valence-electron chi connectivity index (χ4n) is 2.13. The molecule has 3 N–H and O–H groups in total. The van der Waals surface area contributed by atoms with Crippen LogP contribution in [-0.4, -0.2) is 11.9 Å². The molecule has 0 spiro atoms. The summed E-state index contributed by atoms with van der Waals surface area (Å²) in [6, 6.07) is 13.9. The highest BCUT2D eigenvalue weighted by atomic mass is 16.1. The van der Waals surface area contributed by atoms with Gasteiger partial charge < -0.3 is 5.73 Å². The van der Waals surface area contributed by atoms with Crippen LogP contribution >= 0.6 is 0 Å². The maximum absolute atomic E-state index is 11.6. The van der Waals surface area contributed by atoms with Crippen molar-refractivity contribution in [3.63, 3.8) is 0 Å². The normalized spacial score (nSPS) is 14.2. The number of rotatable bonds is 5. The number of carbonyl (C=O) groups excluding carboxylic acids is 1. The molecule has 0 aliphatic rings. The Morgan fingerprint density at radius 3 is 2.53 bits per heavy atom. The Balaban J connectivity index is 2.36. The smallest absolute Gasteiger partial charge is 0.239 e. The van der Waals surface area contributed by atoms with Gasteiger partial charge in [0.05, 0.1) is 0 Å². The van der Waals surface area contributed by atoms with Crippen molar-refractivity contribution in [3.8, 4) is 0 Å². The molecule has 0 heterocycles. The second kappa shape index (κ2) is 5.85. The van der Waals surface area contributed by atoms with Crippen molar-refractivity contribution >= 4 is 16.7 Å². The first kappa shape index (κ1) is 13.6. The van der Waals surface area contributed by atoms with Crippen LogP contribution in [0.15, 0.2) is 42.5 Å². The summed E-state index contributed by atoms with van der Waals surface area (Å²) in [5.74, 6) is -0.337. The highest BCUT2D eigenvalue weighted by molar-refractivity contribution is 5.86. The van der Waals surface area contributed by atoms with Gasteiger partial charge in [-0.2, -0.15) is 0 Å². The summed E-state index contributed by atoms with van der Waals surface area (Å²) in [4.78, 5) is 11.6. The summed E-state index contributed by atoms with van der Waals surface area (Å²) in [5.41, 5.74) is 6.44. The predicted molar refractivity (Wildman–Crippen MR) is 78.8 cm³/mol. The quantitative estimate of drug-likeness (QED) is 0.864. The van der Waals surface area contributed by atoms with Crippen LogP contribution in [0.3, 0.4) is 0 Å². The zero-order valence-corrected chi connectivity index (χ0v) is 11.4. The first-order valence-corrected chi connectivity index (χ1v) is 6.66. The Hall–Kier alpha value is -1.87.